The number of carbonyl (C=O) groups is 1. The van der Waals surface area contributed by atoms with E-state index >= 15 is 0 Å². The number of fused-ring (bicyclic) bond motifs is 1. The van der Waals surface area contributed by atoms with Crippen LogP contribution in [0.4, 0.5) is 0 Å². The predicted octanol–water partition coefficient (Wildman–Crippen LogP) is 2.15. The lowest BCUT2D eigenvalue weighted by atomic mass is 10.2. The van der Waals surface area contributed by atoms with Crippen molar-refractivity contribution >= 4 is 29.3 Å². The molecule has 1 N–H and O–H groups in total. The van der Waals surface area contributed by atoms with Gasteiger partial charge in [-0.2, -0.15) is 4.73 Å². The number of halogens is 1. The third-order valence-electron chi connectivity index (χ3n) is 3.29. The number of benzene rings is 1. The second-order valence-electron chi connectivity index (χ2n) is 5.03. The fourth-order valence-electron chi connectivity index (χ4n) is 2.18. The first-order valence-corrected chi connectivity index (χ1v) is 8.65. The standard InChI is InChI=1S/C16H15ClN2O4S/c17-12-7-11(8-13-16(12)23-6-5-22-13)9-18-14(20)10-24-15-3-1-2-4-19(15)21/h1-4,7-8H,5-6,9-10H2,(H,18,20). The van der Waals surface area contributed by atoms with Crippen molar-refractivity contribution in [1.82, 2.24) is 5.32 Å². The smallest absolute Gasteiger partial charge is 0.251 e. The quantitative estimate of drug-likeness (QED) is 0.498. The molecule has 126 valence electrons. The van der Waals surface area contributed by atoms with Crippen LogP contribution < -0.4 is 19.5 Å². The molecule has 2 heterocycles. The summed E-state index contributed by atoms with van der Waals surface area (Å²) in [6.07, 6.45) is 1.40. The fourth-order valence-corrected chi connectivity index (χ4v) is 3.21. The van der Waals surface area contributed by atoms with E-state index in [1.165, 1.54) is 18.0 Å². The molecule has 1 aliphatic rings. The number of thioether (sulfide) groups is 1. The summed E-state index contributed by atoms with van der Waals surface area (Å²) in [5.74, 6) is 1.11. The molecule has 0 atom stereocenters. The predicted molar refractivity (Wildman–Crippen MR) is 90.4 cm³/mol. The summed E-state index contributed by atoms with van der Waals surface area (Å²) in [6.45, 7) is 1.27. The third kappa shape index (κ3) is 4.04. The van der Waals surface area contributed by atoms with Crippen LogP contribution in [0.15, 0.2) is 41.6 Å². The van der Waals surface area contributed by atoms with Crippen LogP contribution in [0.1, 0.15) is 5.56 Å². The van der Waals surface area contributed by atoms with E-state index in [2.05, 4.69) is 5.32 Å². The van der Waals surface area contributed by atoms with E-state index in [4.69, 9.17) is 21.1 Å². The summed E-state index contributed by atoms with van der Waals surface area (Å²) in [5.41, 5.74) is 0.821. The van der Waals surface area contributed by atoms with E-state index in [0.29, 0.717) is 41.3 Å². The SMILES string of the molecule is O=C(CSc1cccc[n+]1[O-])NCc1cc(Cl)c2c(c1)OCCO2. The van der Waals surface area contributed by atoms with Gasteiger partial charge in [0, 0.05) is 18.7 Å². The van der Waals surface area contributed by atoms with Gasteiger partial charge in [-0.15, -0.1) is 0 Å². The average Bonchev–Trinajstić information content (AvgIpc) is 2.59. The molecule has 24 heavy (non-hydrogen) atoms. The van der Waals surface area contributed by atoms with Crippen LogP contribution in [0.25, 0.3) is 0 Å². The zero-order valence-electron chi connectivity index (χ0n) is 12.7. The van der Waals surface area contributed by atoms with Crippen molar-refractivity contribution in [2.45, 2.75) is 11.6 Å². The van der Waals surface area contributed by atoms with E-state index in [1.54, 1.807) is 30.3 Å². The van der Waals surface area contributed by atoms with Gasteiger partial charge in [0.25, 0.3) is 5.03 Å². The number of hydrogen-bond acceptors (Lipinski definition) is 5. The number of nitrogens with zero attached hydrogens (tertiary/aromatic N) is 1. The molecule has 3 rings (SSSR count). The molecule has 0 radical (unpaired) electrons. The molecule has 0 aliphatic carbocycles. The van der Waals surface area contributed by atoms with Crippen molar-refractivity contribution in [3.8, 4) is 11.5 Å². The van der Waals surface area contributed by atoms with Crippen LogP contribution in [0.5, 0.6) is 11.5 Å². The monoisotopic (exact) mass is 366 g/mol. The van der Waals surface area contributed by atoms with Gasteiger partial charge in [0.1, 0.15) is 13.2 Å². The molecule has 8 heteroatoms. The molecular weight excluding hydrogens is 352 g/mol. The Morgan fingerprint density at radius 1 is 1.33 bits per heavy atom. The number of carbonyl (C=O) groups excluding carboxylic acids is 1. The maximum absolute atomic E-state index is 11.9. The van der Waals surface area contributed by atoms with Crippen LogP contribution in [-0.4, -0.2) is 24.9 Å². The molecule has 2 aromatic rings. The number of aromatic nitrogens is 1. The lowest BCUT2D eigenvalue weighted by Crippen LogP contribution is -2.29. The van der Waals surface area contributed by atoms with Crippen LogP contribution in [0.2, 0.25) is 5.02 Å². The summed E-state index contributed by atoms with van der Waals surface area (Å²) < 4.78 is 11.7. The highest BCUT2D eigenvalue weighted by Crippen LogP contribution is 2.38. The molecule has 0 spiro atoms. The molecule has 1 amide bonds. The molecule has 1 aromatic heterocycles. The van der Waals surface area contributed by atoms with Gasteiger partial charge in [0.05, 0.1) is 10.8 Å². The third-order valence-corrected chi connectivity index (χ3v) is 4.59. The van der Waals surface area contributed by atoms with Gasteiger partial charge in [-0.3, -0.25) is 4.79 Å². The molecule has 0 bridgehead atoms. The van der Waals surface area contributed by atoms with Crippen molar-refractivity contribution in [2.24, 2.45) is 0 Å². The first kappa shape index (κ1) is 16.7. The van der Waals surface area contributed by atoms with E-state index in [9.17, 15) is 10.0 Å². The Hall–Kier alpha value is -2.12. The summed E-state index contributed by atoms with van der Waals surface area (Å²) in [5, 5.41) is 15.2. The van der Waals surface area contributed by atoms with Crippen molar-refractivity contribution in [3.63, 3.8) is 0 Å². The molecule has 1 aromatic carbocycles. The highest BCUT2D eigenvalue weighted by Gasteiger charge is 2.17. The van der Waals surface area contributed by atoms with Crippen molar-refractivity contribution < 1.29 is 19.0 Å². The Kier molecular flexibility index (Phi) is 5.32. The molecule has 0 unspecified atom stereocenters. The minimum Gasteiger partial charge on any atom is -0.618 e. The number of hydrogen-bond donors (Lipinski definition) is 1. The normalized spacial score (nSPS) is 12.7. The van der Waals surface area contributed by atoms with E-state index < -0.39 is 0 Å². The second-order valence-corrected chi connectivity index (χ2v) is 6.43. The van der Waals surface area contributed by atoms with Gasteiger partial charge in [-0.05, 0) is 35.5 Å². The first-order valence-electron chi connectivity index (χ1n) is 7.29. The highest BCUT2D eigenvalue weighted by molar-refractivity contribution is 7.99. The number of ether oxygens (including phenoxy) is 2. The van der Waals surface area contributed by atoms with E-state index in [0.717, 1.165) is 10.3 Å². The van der Waals surface area contributed by atoms with Crippen LogP contribution in [0.3, 0.4) is 0 Å². The zero-order chi connectivity index (χ0) is 16.9. The highest BCUT2D eigenvalue weighted by atomic mass is 35.5. The van der Waals surface area contributed by atoms with Gasteiger partial charge < -0.3 is 20.0 Å². The summed E-state index contributed by atoms with van der Waals surface area (Å²) in [6, 6.07) is 8.61. The van der Waals surface area contributed by atoms with E-state index in [-0.39, 0.29) is 11.7 Å². The molecule has 0 fully saturated rings. The Morgan fingerprint density at radius 3 is 3.00 bits per heavy atom. The lowest BCUT2D eigenvalue weighted by Gasteiger charge is -2.20. The summed E-state index contributed by atoms with van der Waals surface area (Å²) in [7, 11) is 0. The van der Waals surface area contributed by atoms with Crippen molar-refractivity contribution in [1.29, 1.82) is 0 Å². The van der Waals surface area contributed by atoms with Crippen molar-refractivity contribution in [2.75, 3.05) is 19.0 Å². The molecule has 0 saturated heterocycles. The summed E-state index contributed by atoms with van der Waals surface area (Å²) >= 11 is 7.35. The minimum atomic E-state index is -0.171. The van der Waals surface area contributed by atoms with Gasteiger partial charge in [-0.25, -0.2) is 0 Å². The minimum absolute atomic E-state index is 0.157. The van der Waals surface area contributed by atoms with Crippen LogP contribution in [-0.2, 0) is 11.3 Å². The largest absolute Gasteiger partial charge is 0.618 e. The maximum atomic E-state index is 11.9. The topological polar surface area (TPSA) is 74.5 Å². The summed E-state index contributed by atoms with van der Waals surface area (Å²) in [4.78, 5) is 11.9. The van der Waals surface area contributed by atoms with Crippen molar-refractivity contribution in [3.05, 3.63) is 52.3 Å². The molecular formula is C16H15ClN2O4S. The van der Waals surface area contributed by atoms with Crippen LogP contribution >= 0.6 is 23.4 Å². The Morgan fingerprint density at radius 2 is 2.17 bits per heavy atom. The molecule has 0 saturated carbocycles. The molecule has 6 nitrogen and oxygen atoms in total. The Bertz CT molecular complexity index is 757. The Balaban J connectivity index is 1.55. The van der Waals surface area contributed by atoms with Crippen LogP contribution in [0, 0.1) is 5.21 Å². The van der Waals surface area contributed by atoms with Gasteiger partial charge >= 0.3 is 0 Å². The number of nitrogens with one attached hydrogen (secondary N) is 1. The average molecular weight is 367 g/mol. The van der Waals surface area contributed by atoms with Gasteiger partial charge in [0.15, 0.2) is 17.7 Å². The first-order chi connectivity index (χ1) is 11.6. The lowest BCUT2D eigenvalue weighted by molar-refractivity contribution is -0.645. The molecule has 1 aliphatic heterocycles. The maximum Gasteiger partial charge on any atom is 0.251 e. The fraction of sp³-hybridized carbons (Fsp3) is 0.250. The van der Waals surface area contributed by atoms with Gasteiger partial charge in [-0.1, -0.05) is 11.6 Å². The number of rotatable bonds is 5. The second kappa shape index (κ2) is 7.63. The zero-order valence-corrected chi connectivity index (χ0v) is 14.2. The van der Waals surface area contributed by atoms with E-state index in [1.807, 2.05) is 0 Å². The number of pyridine rings is 1. The van der Waals surface area contributed by atoms with Gasteiger partial charge in [0.2, 0.25) is 5.91 Å². The Labute approximate surface area is 148 Å². The number of amides is 1.